The van der Waals surface area contributed by atoms with E-state index in [0.29, 0.717) is 31.1 Å². The van der Waals surface area contributed by atoms with E-state index in [0.717, 1.165) is 23.1 Å². The Morgan fingerprint density at radius 2 is 1.94 bits per heavy atom. The quantitative estimate of drug-likeness (QED) is 0.693. The number of fused-ring (bicyclic) bond motifs is 1. The number of rotatable bonds is 4. The number of urea groups is 1. The zero-order valence-electron chi connectivity index (χ0n) is 17.3. The van der Waals surface area contributed by atoms with Crippen molar-refractivity contribution in [2.45, 2.75) is 44.7 Å². The fourth-order valence-corrected chi connectivity index (χ4v) is 4.60. The van der Waals surface area contributed by atoms with Crippen molar-refractivity contribution in [2.24, 2.45) is 5.92 Å². The molecule has 158 valence electrons. The van der Waals surface area contributed by atoms with Crippen LogP contribution in [0.5, 0.6) is 0 Å². The largest absolute Gasteiger partial charge is 0.339 e. The van der Waals surface area contributed by atoms with Crippen LogP contribution < -0.4 is 5.32 Å². The summed E-state index contributed by atoms with van der Waals surface area (Å²) in [6.07, 6.45) is 2.08. The highest BCUT2D eigenvalue weighted by atomic mass is 16.5. The summed E-state index contributed by atoms with van der Waals surface area (Å²) < 4.78 is 5.56. The molecule has 3 atom stereocenters. The van der Waals surface area contributed by atoms with Crippen LogP contribution in [0.3, 0.4) is 0 Å². The summed E-state index contributed by atoms with van der Waals surface area (Å²) in [5.41, 5.74) is 2.99. The number of carbonyl (C=O) groups excluding carboxylic acids is 2. The van der Waals surface area contributed by atoms with Crippen molar-refractivity contribution >= 4 is 11.9 Å². The third-order valence-electron chi connectivity index (χ3n) is 6.24. The number of aryl methyl sites for hydroxylation is 1. The lowest BCUT2D eigenvalue weighted by molar-refractivity contribution is -0.137. The van der Waals surface area contributed by atoms with Gasteiger partial charge in [0.25, 0.3) is 0 Å². The van der Waals surface area contributed by atoms with Gasteiger partial charge in [0.2, 0.25) is 17.6 Å². The average molecular weight is 416 g/mol. The molecule has 0 radical (unpaired) electrons. The van der Waals surface area contributed by atoms with Crippen LogP contribution in [0.25, 0.3) is 11.4 Å². The van der Waals surface area contributed by atoms with Crippen molar-refractivity contribution < 1.29 is 14.1 Å². The van der Waals surface area contributed by atoms with E-state index in [9.17, 15) is 9.59 Å². The molecule has 2 heterocycles. The normalized spacial score (nSPS) is 23.4. The molecule has 7 heteroatoms. The van der Waals surface area contributed by atoms with Crippen LogP contribution >= 0.6 is 0 Å². The van der Waals surface area contributed by atoms with Crippen molar-refractivity contribution in [1.82, 2.24) is 20.4 Å². The van der Waals surface area contributed by atoms with Gasteiger partial charge in [0.05, 0.1) is 12.5 Å². The molecule has 2 aliphatic rings. The second-order valence-corrected chi connectivity index (χ2v) is 8.41. The van der Waals surface area contributed by atoms with Crippen LogP contribution in [0.15, 0.2) is 59.1 Å². The van der Waals surface area contributed by atoms with Crippen LogP contribution in [0.4, 0.5) is 4.79 Å². The third-order valence-corrected chi connectivity index (χ3v) is 6.24. The van der Waals surface area contributed by atoms with Gasteiger partial charge in [-0.2, -0.15) is 4.98 Å². The molecule has 0 spiro atoms. The molecule has 1 saturated heterocycles. The number of benzene rings is 2. The van der Waals surface area contributed by atoms with E-state index in [1.807, 2.05) is 61.5 Å². The molecule has 1 aliphatic carbocycles. The predicted octanol–water partition coefficient (Wildman–Crippen LogP) is 4.05. The maximum atomic E-state index is 13.1. The van der Waals surface area contributed by atoms with E-state index in [4.69, 9.17) is 4.52 Å². The Morgan fingerprint density at radius 3 is 2.74 bits per heavy atom. The molecule has 1 aliphatic heterocycles. The SMILES string of the molecule is Cc1cccc(-c2noc(C3CCC4C(=O)N(Cc5ccccc5)C(=O)NC4C3)n2)c1. The van der Waals surface area contributed by atoms with Gasteiger partial charge in [-0.15, -0.1) is 0 Å². The molecule has 2 fully saturated rings. The lowest BCUT2D eigenvalue weighted by Crippen LogP contribution is -2.60. The van der Waals surface area contributed by atoms with Gasteiger partial charge in [-0.1, -0.05) is 59.3 Å². The summed E-state index contributed by atoms with van der Waals surface area (Å²) in [5, 5.41) is 7.19. The van der Waals surface area contributed by atoms with E-state index < -0.39 is 0 Å². The molecule has 3 unspecified atom stereocenters. The summed E-state index contributed by atoms with van der Waals surface area (Å²) in [6, 6.07) is 17.0. The maximum Gasteiger partial charge on any atom is 0.324 e. The Balaban J connectivity index is 1.29. The first-order valence-corrected chi connectivity index (χ1v) is 10.6. The highest BCUT2D eigenvalue weighted by Crippen LogP contribution is 2.38. The Labute approximate surface area is 180 Å². The smallest absolute Gasteiger partial charge is 0.324 e. The molecule has 1 aromatic heterocycles. The number of nitrogens with zero attached hydrogens (tertiary/aromatic N) is 3. The lowest BCUT2D eigenvalue weighted by Gasteiger charge is -2.41. The van der Waals surface area contributed by atoms with E-state index >= 15 is 0 Å². The predicted molar refractivity (Wildman–Crippen MR) is 114 cm³/mol. The first kappa shape index (κ1) is 19.5. The van der Waals surface area contributed by atoms with Crippen molar-refractivity contribution in [3.05, 3.63) is 71.6 Å². The summed E-state index contributed by atoms with van der Waals surface area (Å²) in [6.45, 7) is 2.32. The highest BCUT2D eigenvalue weighted by molar-refractivity contribution is 5.98. The van der Waals surface area contributed by atoms with E-state index in [2.05, 4.69) is 15.5 Å². The molecule has 3 aromatic rings. The van der Waals surface area contributed by atoms with E-state index in [-0.39, 0.29) is 29.8 Å². The van der Waals surface area contributed by atoms with Crippen molar-refractivity contribution in [2.75, 3.05) is 0 Å². The summed E-state index contributed by atoms with van der Waals surface area (Å²) >= 11 is 0. The second kappa shape index (κ2) is 7.98. The highest BCUT2D eigenvalue weighted by Gasteiger charge is 2.45. The topological polar surface area (TPSA) is 88.3 Å². The molecule has 7 nitrogen and oxygen atoms in total. The van der Waals surface area contributed by atoms with Crippen LogP contribution in [0, 0.1) is 12.8 Å². The third kappa shape index (κ3) is 3.83. The second-order valence-electron chi connectivity index (χ2n) is 8.41. The lowest BCUT2D eigenvalue weighted by atomic mass is 9.76. The van der Waals surface area contributed by atoms with Gasteiger partial charge in [0.1, 0.15) is 0 Å². The van der Waals surface area contributed by atoms with Gasteiger partial charge in [-0.3, -0.25) is 9.69 Å². The molecule has 0 bridgehead atoms. The number of nitrogens with one attached hydrogen (secondary N) is 1. The minimum Gasteiger partial charge on any atom is -0.339 e. The first-order valence-electron chi connectivity index (χ1n) is 10.6. The fraction of sp³-hybridized carbons (Fsp3) is 0.333. The zero-order valence-corrected chi connectivity index (χ0v) is 17.3. The van der Waals surface area contributed by atoms with Crippen molar-refractivity contribution in [3.8, 4) is 11.4 Å². The zero-order chi connectivity index (χ0) is 21.4. The Kier molecular flexibility index (Phi) is 5.02. The Morgan fingerprint density at radius 1 is 1.10 bits per heavy atom. The van der Waals surface area contributed by atoms with Crippen LogP contribution in [0.2, 0.25) is 0 Å². The van der Waals surface area contributed by atoms with Gasteiger partial charge < -0.3 is 9.84 Å². The van der Waals surface area contributed by atoms with Gasteiger partial charge in [0, 0.05) is 17.5 Å². The maximum absolute atomic E-state index is 13.1. The van der Waals surface area contributed by atoms with Crippen molar-refractivity contribution in [3.63, 3.8) is 0 Å². The van der Waals surface area contributed by atoms with Crippen molar-refractivity contribution in [1.29, 1.82) is 0 Å². The molecule has 31 heavy (non-hydrogen) atoms. The Hall–Kier alpha value is -3.48. The van der Waals surface area contributed by atoms with Crippen LogP contribution in [-0.2, 0) is 11.3 Å². The molecular formula is C24H24N4O3. The monoisotopic (exact) mass is 416 g/mol. The van der Waals surface area contributed by atoms with Crippen LogP contribution in [-0.4, -0.2) is 33.0 Å². The molecule has 2 aromatic carbocycles. The van der Waals surface area contributed by atoms with Gasteiger partial charge in [-0.05, 0) is 37.8 Å². The molecule has 1 N–H and O–H groups in total. The standard InChI is InChI=1S/C24H24N4O3/c1-15-6-5-9-17(12-15)21-26-22(31-27-21)18-10-11-19-20(13-18)25-24(30)28(23(19)29)14-16-7-3-2-4-8-16/h2-9,12,18-20H,10-11,13-14H2,1H3,(H,25,30). The van der Waals surface area contributed by atoms with Gasteiger partial charge in [-0.25, -0.2) is 4.79 Å². The molecular weight excluding hydrogens is 392 g/mol. The molecule has 1 saturated carbocycles. The Bertz CT molecular complexity index is 1110. The first-order chi connectivity index (χ1) is 15.1. The van der Waals surface area contributed by atoms with Crippen LogP contribution in [0.1, 0.15) is 42.2 Å². The number of carbonyl (C=O) groups is 2. The average Bonchev–Trinajstić information content (AvgIpc) is 3.27. The number of imide groups is 1. The number of hydrogen-bond acceptors (Lipinski definition) is 5. The van der Waals surface area contributed by atoms with E-state index in [1.165, 1.54) is 4.90 Å². The molecule has 5 rings (SSSR count). The van der Waals surface area contributed by atoms with Gasteiger partial charge in [0.15, 0.2) is 0 Å². The minimum absolute atomic E-state index is 0.0288. The van der Waals surface area contributed by atoms with Gasteiger partial charge >= 0.3 is 6.03 Å². The minimum atomic E-state index is -0.332. The number of aromatic nitrogens is 2. The fourth-order valence-electron chi connectivity index (χ4n) is 4.60. The van der Waals surface area contributed by atoms with E-state index in [1.54, 1.807) is 0 Å². The number of amides is 3. The molecule has 3 amide bonds. The summed E-state index contributed by atoms with van der Waals surface area (Å²) in [5.74, 6) is 0.863. The summed E-state index contributed by atoms with van der Waals surface area (Å²) in [4.78, 5) is 31.7. The summed E-state index contributed by atoms with van der Waals surface area (Å²) in [7, 11) is 0. The number of hydrogen-bond donors (Lipinski definition) is 1.